The van der Waals surface area contributed by atoms with Gasteiger partial charge in [-0.05, 0) is 41.5 Å². The number of carbonyl (C=O) groups is 3. The van der Waals surface area contributed by atoms with Gasteiger partial charge in [0.25, 0.3) is 0 Å². The van der Waals surface area contributed by atoms with Crippen LogP contribution in [0, 0.1) is 5.92 Å². The first-order valence-electron chi connectivity index (χ1n) is 11.2. The Hall–Kier alpha value is -3.61. The number of rotatable bonds is 11. The second-order valence-electron chi connectivity index (χ2n) is 8.08. The number of carbonyl (C=O) groups excluding carboxylic acids is 2. The van der Waals surface area contributed by atoms with Crippen LogP contribution < -0.4 is 10.6 Å². The summed E-state index contributed by atoms with van der Waals surface area (Å²) in [6, 6.07) is 15.2. The largest absolute Gasteiger partial charge is 0.480 e. The fourth-order valence-corrected chi connectivity index (χ4v) is 4.11. The Morgan fingerprint density at radius 3 is 2.24 bits per heavy atom. The van der Waals surface area contributed by atoms with E-state index in [1.807, 2.05) is 43.3 Å². The topological polar surface area (TPSA) is 105 Å². The second kappa shape index (κ2) is 11.3. The van der Waals surface area contributed by atoms with Crippen molar-refractivity contribution in [1.82, 2.24) is 10.6 Å². The molecule has 0 aromatic heterocycles. The number of amides is 2. The molecule has 2 aromatic carbocycles. The number of fused-ring (bicyclic) bond motifs is 3. The second-order valence-corrected chi connectivity index (χ2v) is 8.08. The number of carboxylic acids is 1. The lowest BCUT2D eigenvalue weighted by Gasteiger charge is -2.20. The number of benzene rings is 2. The molecule has 1 aliphatic rings. The highest BCUT2D eigenvalue weighted by atomic mass is 16.5. The van der Waals surface area contributed by atoms with E-state index < -0.39 is 29.9 Å². The molecule has 0 fully saturated rings. The maximum Gasteiger partial charge on any atom is 0.407 e. The number of hydrogen-bond acceptors (Lipinski definition) is 4. The fourth-order valence-electron chi connectivity index (χ4n) is 4.11. The summed E-state index contributed by atoms with van der Waals surface area (Å²) < 4.78 is 5.50. The third-order valence-corrected chi connectivity index (χ3v) is 5.97. The number of hydrogen-bond donors (Lipinski definition) is 3. The molecule has 2 aromatic rings. The number of allylic oxidation sites excluding steroid dienone is 1. The van der Waals surface area contributed by atoms with E-state index in [0.29, 0.717) is 12.8 Å². The molecule has 0 aliphatic heterocycles. The number of carboxylic acid groups (broad SMARTS) is 1. The Morgan fingerprint density at radius 2 is 1.70 bits per heavy atom. The third kappa shape index (κ3) is 5.80. The minimum absolute atomic E-state index is 0.0467. The minimum atomic E-state index is -1.09. The molecule has 7 heteroatoms. The van der Waals surface area contributed by atoms with Gasteiger partial charge in [0, 0.05) is 12.5 Å². The molecule has 1 aliphatic carbocycles. The van der Waals surface area contributed by atoms with E-state index in [0.717, 1.165) is 22.3 Å². The van der Waals surface area contributed by atoms with Crippen LogP contribution in [0.1, 0.15) is 43.2 Å². The smallest absolute Gasteiger partial charge is 0.407 e. The summed E-state index contributed by atoms with van der Waals surface area (Å²) >= 11 is 0. The van der Waals surface area contributed by atoms with Gasteiger partial charge in [0.1, 0.15) is 12.6 Å². The van der Waals surface area contributed by atoms with Crippen molar-refractivity contribution in [2.45, 2.75) is 38.1 Å². The molecular weight excluding hydrogens is 420 g/mol. The van der Waals surface area contributed by atoms with Crippen molar-refractivity contribution < 1.29 is 24.2 Å². The molecule has 7 nitrogen and oxygen atoms in total. The zero-order valence-electron chi connectivity index (χ0n) is 18.8. The minimum Gasteiger partial charge on any atom is -0.480 e. The van der Waals surface area contributed by atoms with E-state index in [9.17, 15) is 19.5 Å². The van der Waals surface area contributed by atoms with Gasteiger partial charge < -0.3 is 20.5 Å². The lowest BCUT2D eigenvalue weighted by molar-refractivity contribution is -0.142. The summed E-state index contributed by atoms with van der Waals surface area (Å²) in [7, 11) is 0. The summed E-state index contributed by atoms with van der Waals surface area (Å²) in [6.45, 7) is 5.63. The van der Waals surface area contributed by atoms with E-state index in [2.05, 4.69) is 29.3 Å². The van der Waals surface area contributed by atoms with Crippen LogP contribution in [0.25, 0.3) is 11.1 Å². The molecule has 0 saturated carbocycles. The first kappa shape index (κ1) is 24.0. The van der Waals surface area contributed by atoms with Gasteiger partial charge >= 0.3 is 12.1 Å². The highest BCUT2D eigenvalue weighted by Crippen LogP contribution is 2.44. The molecular formula is C26H30N2O5. The molecule has 0 radical (unpaired) electrons. The summed E-state index contributed by atoms with van der Waals surface area (Å²) in [5, 5.41) is 14.5. The summed E-state index contributed by atoms with van der Waals surface area (Å²) in [5.41, 5.74) is 4.54. The van der Waals surface area contributed by atoms with Crippen molar-refractivity contribution in [2.24, 2.45) is 5.92 Å². The molecule has 33 heavy (non-hydrogen) atoms. The first-order chi connectivity index (χ1) is 16.0. The summed E-state index contributed by atoms with van der Waals surface area (Å²) in [4.78, 5) is 36.2. The summed E-state index contributed by atoms with van der Waals surface area (Å²) in [6.07, 6.45) is 2.19. The molecule has 2 unspecified atom stereocenters. The molecule has 0 heterocycles. The lowest BCUT2D eigenvalue weighted by Crippen LogP contribution is -2.46. The quantitative estimate of drug-likeness (QED) is 0.447. The van der Waals surface area contributed by atoms with Crippen molar-refractivity contribution in [2.75, 3.05) is 13.2 Å². The Bertz CT molecular complexity index is 974. The Morgan fingerprint density at radius 1 is 1.09 bits per heavy atom. The van der Waals surface area contributed by atoms with Crippen molar-refractivity contribution >= 4 is 18.0 Å². The Balaban J connectivity index is 1.54. The molecule has 0 spiro atoms. The van der Waals surface area contributed by atoms with E-state index in [1.54, 1.807) is 6.08 Å². The van der Waals surface area contributed by atoms with Gasteiger partial charge in [0.05, 0.1) is 5.92 Å². The van der Waals surface area contributed by atoms with Crippen LogP contribution >= 0.6 is 0 Å². The van der Waals surface area contributed by atoms with Gasteiger partial charge in [0.15, 0.2) is 0 Å². The lowest BCUT2D eigenvalue weighted by atomic mass is 9.98. The van der Waals surface area contributed by atoms with Crippen molar-refractivity contribution in [1.29, 1.82) is 0 Å². The first-order valence-corrected chi connectivity index (χ1v) is 11.2. The average Bonchev–Trinajstić information content (AvgIpc) is 3.14. The van der Waals surface area contributed by atoms with Gasteiger partial charge in [-0.2, -0.15) is 0 Å². The number of nitrogens with one attached hydrogen (secondary N) is 2. The zero-order valence-corrected chi connectivity index (χ0v) is 18.8. The Labute approximate surface area is 193 Å². The van der Waals surface area contributed by atoms with Crippen LogP contribution in [-0.2, 0) is 14.3 Å². The predicted molar refractivity (Wildman–Crippen MR) is 126 cm³/mol. The number of ether oxygens (including phenoxy) is 1. The van der Waals surface area contributed by atoms with Gasteiger partial charge in [-0.3, -0.25) is 4.79 Å². The highest BCUT2D eigenvalue weighted by molar-refractivity contribution is 5.85. The fraction of sp³-hybridized carbons (Fsp3) is 0.346. The van der Waals surface area contributed by atoms with Crippen LogP contribution in [0.5, 0.6) is 0 Å². The van der Waals surface area contributed by atoms with Gasteiger partial charge in [-0.1, -0.05) is 61.5 Å². The average molecular weight is 451 g/mol. The van der Waals surface area contributed by atoms with E-state index in [-0.39, 0.29) is 25.5 Å². The molecule has 2 amide bonds. The zero-order chi connectivity index (χ0) is 23.8. The number of alkyl carbamates (subject to hydrolysis) is 1. The maximum absolute atomic E-state index is 12.5. The van der Waals surface area contributed by atoms with Crippen molar-refractivity contribution in [3.63, 3.8) is 0 Å². The SMILES string of the molecule is C=CCCC(NC(=O)C(CC)CNC(=O)OCC1c2ccccc2-c2ccccc21)C(=O)O. The van der Waals surface area contributed by atoms with Crippen molar-refractivity contribution in [3.8, 4) is 11.1 Å². The standard InChI is InChI=1S/C26H30N2O5/c1-3-5-14-23(25(30)31)28-24(29)17(4-2)15-27-26(32)33-16-22-20-12-8-6-10-18(20)19-11-7-9-13-21(19)22/h3,6-13,17,22-23H,1,4-5,14-16H2,2H3,(H,27,32)(H,28,29)(H,30,31). The number of aliphatic carboxylic acids is 1. The van der Waals surface area contributed by atoms with E-state index in [1.165, 1.54) is 0 Å². The molecule has 0 bridgehead atoms. The van der Waals surface area contributed by atoms with Crippen LogP contribution in [0.15, 0.2) is 61.2 Å². The van der Waals surface area contributed by atoms with Crippen LogP contribution in [0.3, 0.4) is 0 Å². The highest BCUT2D eigenvalue weighted by Gasteiger charge is 2.29. The molecule has 3 rings (SSSR count). The maximum atomic E-state index is 12.5. The van der Waals surface area contributed by atoms with Crippen molar-refractivity contribution in [3.05, 3.63) is 72.3 Å². The molecule has 3 N–H and O–H groups in total. The third-order valence-electron chi connectivity index (χ3n) is 5.97. The molecule has 0 saturated heterocycles. The monoisotopic (exact) mass is 450 g/mol. The predicted octanol–water partition coefficient (Wildman–Crippen LogP) is 4.09. The Kier molecular flexibility index (Phi) is 8.24. The van der Waals surface area contributed by atoms with Crippen LogP contribution in [-0.4, -0.2) is 42.3 Å². The molecule has 174 valence electrons. The summed E-state index contributed by atoms with van der Waals surface area (Å²) in [5.74, 6) is -2.11. The van der Waals surface area contributed by atoms with Crippen LogP contribution in [0.2, 0.25) is 0 Å². The van der Waals surface area contributed by atoms with Gasteiger partial charge in [-0.25, -0.2) is 9.59 Å². The van der Waals surface area contributed by atoms with E-state index >= 15 is 0 Å². The normalized spacial score (nSPS) is 13.8. The van der Waals surface area contributed by atoms with Gasteiger partial charge in [0.2, 0.25) is 5.91 Å². The van der Waals surface area contributed by atoms with E-state index in [4.69, 9.17) is 4.74 Å². The van der Waals surface area contributed by atoms with Gasteiger partial charge in [-0.15, -0.1) is 6.58 Å². The van der Waals surface area contributed by atoms with Crippen LogP contribution in [0.4, 0.5) is 4.79 Å². The molecule has 2 atom stereocenters.